The van der Waals surface area contributed by atoms with E-state index in [9.17, 15) is 14.7 Å². The number of benzene rings is 2. The minimum atomic E-state index is -1.04. The molecule has 1 aliphatic carbocycles. The lowest BCUT2D eigenvalue weighted by atomic mass is 9.95. The zero-order chi connectivity index (χ0) is 21.5. The second-order valence-corrected chi connectivity index (χ2v) is 9.68. The zero-order valence-corrected chi connectivity index (χ0v) is 18.2. The Labute approximate surface area is 187 Å². The Morgan fingerprint density at radius 2 is 1.87 bits per heavy atom. The number of nitrogens with one attached hydrogen (secondary N) is 1. The van der Waals surface area contributed by atoms with Crippen LogP contribution in [0.4, 0.5) is 5.69 Å². The summed E-state index contributed by atoms with van der Waals surface area (Å²) in [6, 6.07) is 16.1. The van der Waals surface area contributed by atoms with Crippen LogP contribution in [-0.2, 0) is 4.79 Å². The third kappa shape index (κ3) is 3.58. The van der Waals surface area contributed by atoms with Crippen LogP contribution in [0.15, 0.2) is 72.3 Å². The summed E-state index contributed by atoms with van der Waals surface area (Å²) in [5.74, 6) is -1.27. The van der Waals surface area contributed by atoms with Gasteiger partial charge in [0.2, 0.25) is 0 Å². The van der Waals surface area contributed by atoms with Crippen molar-refractivity contribution in [3.05, 3.63) is 77.2 Å². The minimum absolute atomic E-state index is 0.151. The number of carboxylic acids is 1. The Balaban J connectivity index is 1.61. The number of rotatable bonds is 4. The lowest BCUT2D eigenvalue weighted by molar-refractivity contribution is -0.113. The van der Waals surface area contributed by atoms with E-state index in [-0.39, 0.29) is 10.8 Å². The van der Waals surface area contributed by atoms with Gasteiger partial charge in [0.25, 0.3) is 5.91 Å². The summed E-state index contributed by atoms with van der Waals surface area (Å²) in [4.78, 5) is 26.1. The molecule has 0 atom stereocenters. The van der Waals surface area contributed by atoms with Gasteiger partial charge in [-0.05, 0) is 36.8 Å². The second kappa shape index (κ2) is 7.80. The number of thiophene rings is 2. The van der Waals surface area contributed by atoms with Crippen LogP contribution in [0.3, 0.4) is 0 Å². The van der Waals surface area contributed by atoms with Crippen molar-refractivity contribution in [3.8, 4) is 10.4 Å². The van der Waals surface area contributed by atoms with E-state index >= 15 is 0 Å². The second-order valence-electron chi connectivity index (χ2n) is 7.58. The van der Waals surface area contributed by atoms with E-state index in [0.717, 1.165) is 37.9 Å². The van der Waals surface area contributed by atoms with Crippen molar-refractivity contribution in [3.63, 3.8) is 0 Å². The van der Waals surface area contributed by atoms with Crippen molar-refractivity contribution in [1.82, 2.24) is 0 Å². The molecule has 31 heavy (non-hydrogen) atoms. The largest absolute Gasteiger partial charge is 0.477 e. The number of fused-ring (bicyclic) bond motifs is 2. The molecule has 2 N–H and O–H groups in total. The van der Waals surface area contributed by atoms with E-state index in [1.807, 2.05) is 36.4 Å². The first-order valence-electron chi connectivity index (χ1n) is 9.96. The Hall–Kier alpha value is -3.22. The Morgan fingerprint density at radius 1 is 1.03 bits per heavy atom. The van der Waals surface area contributed by atoms with Crippen LogP contribution in [0.5, 0.6) is 0 Å². The molecule has 0 saturated carbocycles. The molecule has 0 radical (unpaired) electrons. The smallest absolute Gasteiger partial charge is 0.348 e. The highest BCUT2D eigenvalue weighted by Gasteiger charge is 2.23. The predicted molar refractivity (Wildman–Crippen MR) is 129 cm³/mol. The summed E-state index contributed by atoms with van der Waals surface area (Å²) in [5, 5.41) is 14.7. The lowest BCUT2D eigenvalue weighted by Crippen LogP contribution is -2.17. The number of amides is 1. The van der Waals surface area contributed by atoms with Gasteiger partial charge < -0.3 is 10.4 Å². The molecule has 0 unspecified atom stereocenters. The van der Waals surface area contributed by atoms with Gasteiger partial charge in [0.1, 0.15) is 4.88 Å². The summed E-state index contributed by atoms with van der Waals surface area (Å²) in [7, 11) is 0. The van der Waals surface area contributed by atoms with E-state index in [0.29, 0.717) is 24.1 Å². The van der Waals surface area contributed by atoms with Crippen molar-refractivity contribution in [2.24, 2.45) is 0 Å². The standard InChI is InChI=1S/C25H19NO3S2/c1-14-9-11-15(12-10-14)24(27)26-21-18-7-4-6-17(22(18)31-23(21)25(28)29)20-13-16-5-2-3-8-19(16)30-20/h2-8,11,13H,1,9-10,12H2,(H,26,27)(H,28,29). The van der Waals surface area contributed by atoms with E-state index in [2.05, 4.69) is 30.1 Å². The first kappa shape index (κ1) is 19.7. The minimum Gasteiger partial charge on any atom is -0.477 e. The van der Waals surface area contributed by atoms with Gasteiger partial charge >= 0.3 is 5.97 Å². The maximum Gasteiger partial charge on any atom is 0.348 e. The number of hydrogen-bond donors (Lipinski definition) is 2. The molecule has 2 aromatic heterocycles. The van der Waals surface area contributed by atoms with Crippen LogP contribution in [0.25, 0.3) is 30.6 Å². The predicted octanol–water partition coefficient (Wildman–Crippen LogP) is 7.09. The molecular formula is C25H19NO3S2. The lowest BCUT2D eigenvalue weighted by Gasteiger charge is -2.14. The van der Waals surface area contributed by atoms with Crippen LogP contribution < -0.4 is 5.32 Å². The van der Waals surface area contributed by atoms with Crippen LogP contribution in [0, 0.1) is 0 Å². The normalized spacial score (nSPS) is 14.1. The van der Waals surface area contributed by atoms with E-state index in [4.69, 9.17) is 0 Å². The third-order valence-electron chi connectivity index (χ3n) is 5.52. The average molecular weight is 446 g/mol. The molecule has 0 spiro atoms. The van der Waals surface area contributed by atoms with Crippen LogP contribution in [0.2, 0.25) is 0 Å². The number of carbonyl (C=O) groups excluding carboxylic acids is 1. The van der Waals surface area contributed by atoms with Crippen molar-refractivity contribution >= 4 is 60.4 Å². The molecular weight excluding hydrogens is 426 g/mol. The molecule has 4 nitrogen and oxygen atoms in total. The topological polar surface area (TPSA) is 66.4 Å². The maximum absolute atomic E-state index is 12.9. The van der Waals surface area contributed by atoms with Gasteiger partial charge in [0.15, 0.2) is 0 Å². The number of hydrogen-bond acceptors (Lipinski definition) is 4. The van der Waals surface area contributed by atoms with E-state index in [1.165, 1.54) is 16.0 Å². The summed E-state index contributed by atoms with van der Waals surface area (Å²) < 4.78 is 2.05. The summed E-state index contributed by atoms with van der Waals surface area (Å²) >= 11 is 2.89. The molecule has 6 heteroatoms. The van der Waals surface area contributed by atoms with Crippen LogP contribution in [-0.4, -0.2) is 17.0 Å². The van der Waals surface area contributed by atoms with Gasteiger partial charge in [0.05, 0.1) is 5.69 Å². The number of anilines is 1. The highest BCUT2D eigenvalue weighted by molar-refractivity contribution is 7.24. The average Bonchev–Trinajstić information content (AvgIpc) is 3.36. The van der Waals surface area contributed by atoms with Gasteiger partial charge in [-0.3, -0.25) is 4.79 Å². The van der Waals surface area contributed by atoms with Crippen molar-refractivity contribution in [2.45, 2.75) is 19.3 Å². The number of allylic oxidation sites excluding steroid dienone is 2. The van der Waals surface area contributed by atoms with Crippen molar-refractivity contribution < 1.29 is 14.7 Å². The van der Waals surface area contributed by atoms with Gasteiger partial charge in [-0.15, -0.1) is 22.7 Å². The summed E-state index contributed by atoms with van der Waals surface area (Å²) in [6.45, 7) is 3.96. The van der Waals surface area contributed by atoms with Crippen LogP contribution in [0.1, 0.15) is 28.9 Å². The highest BCUT2D eigenvalue weighted by Crippen LogP contribution is 2.44. The van der Waals surface area contributed by atoms with E-state index in [1.54, 1.807) is 11.3 Å². The molecule has 0 bridgehead atoms. The fourth-order valence-electron chi connectivity index (χ4n) is 3.89. The Kier molecular flexibility index (Phi) is 4.96. The third-order valence-corrected chi connectivity index (χ3v) is 7.89. The molecule has 1 aliphatic rings. The molecule has 2 aromatic carbocycles. The molecule has 5 rings (SSSR count). The number of carbonyl (C=O) groups is 2. The number of aromatic carboxylic acids is 1. The molecule has 4 aromatic rings. The summed E-state index contributed by atoms with van der Waals surface area (Å²) in [5.41, 5.74) is 3.16. The van der Waals surface area contributed by atoms with Gasteiger partial charge in [0, 0.05) is 30.8 Å². The highest BCUT2D eigenvalue weighted by atomic mass is 32.1. The zero-order valence-electron chi connectivity index (χ0n) is 16.6. The van der Waals surface area contributed by atoms with Crippen molar-refractivity contribution in [2.75, 3.05) is 5.32 Å². The van der Waals surface area contributed by atoms with Gasteiger partial charge in [-0.1, -0.05) is 54.6 Å². The fraction of sp³-hybridized carbons (Fsp3) is 0.120. The maximum atomic E-state index is 12.9. The monoisotopic (exact) mass is 445 g/mol. The quantitative estimate of drug-likeness (QED) is 0.330. The molecule has 0 fully saturated rings. The number of carboxylic acid groups (broad SMARTS) is 1. The Bertz CT molecular complexity index is 1370. The van der Waals surface area contributed by atoms with Gasteiger partial charge in [-0.2, -0.15) is 0 Å². The SMILES string of the molecule is C=C1CC=C(C(=O)Nc2c(C(=O)O)sc3c(-c4cc5ccccc5s4)cccc23)CC1. The first-order chi connectivity index (χ1) is 15.0. The van der Waals surface area contributed by atoms with Crippen molar-refractivity contribution in [1.29, 1.82) is 0 Å². The van der Waals surface area contributed by atoms with Gasteiger partial charge in [-0.25, -0.2) is 4.79 Å². The molecule has 1 amide bonds. The van der Waals surface area contributed by atoms with Crippen LogP contribution >= 0.6 is 22.7 Å². The summed E-state index contributed by atoms with van der Waals surface area (Å²) in [6.07, 6.45) is 3.99. The Morgan fingerprint density at radius 3 is 2.61 bits per heavy atom. The fourth-order valence-corrected chi connectivity index (χ4v) is 6.17. The molecule has 2 heterocycles. The van der Waals surface area contributed by atoms with E-state index < -0.39 is 5.97 Å². The first-order valence-corrected chi connectivity index (χ1v) is 11.6. The molecule has 0 saturated heterocycles. The molecule has 0 aliphatic heterocycles. The molecule has 154 valence electrons.